The highest BCUT2D eigenvalue weighted by Gasteiger charge is 2.41. The molecule has 2 aliphatic rings. The lowest BCUT2D eigenvalue weighted by atomic mass is 9.84. The minimum Gasteiger partial charge on any atom is -0.329 e. The molecule has 1 heterocycles. The van der Waals surface area contributed by atoms with E-state index >= 15 is 0 Å². The van der Waals surface area contributed by atoms with Crippen molar-refractivity contribution in [2.24, 2.45) is 17.6 Å². The van der Waals surface area contributed by atoms with Gasteiger partial charge in [-0.25, -0.2) is 0 Å². The Morgan fingerprint density at radius 2 is 1.95 bits per heavy atom. The fourth-order valence-electron chi connectivity index (χ4n) is 4.54. The Labute approximate surface area is 125 Å². The Morgan fingerprint density at radius 3 is 2.55 bits per heavy atom. The third-order valence-corrected chi connectivity index (χ3v) is 5.96. The molecule has 0 bridgehead atoms. The average molecular weight is 281 g/mol. The summed E-state index contributed by atoms with van der Waals surface area (Å²) in [7, 11) is 2.24. The van der Waals surface area contributed by atoms with Gasteiger partial charge in [0, 0.05) is 37.8 Å². The number of hydrogen-bond acceptors (Lipinski definition) is 3. The first-order valence-electron chi connectivity index (χ1n) is 8.64. The zero-order chi connectivity index (χ0) is 14.8. The van der Waals surface area contributed by atoms with Crippen LogP contribution in [0.25, 0.3) is 0 Å². The molecule has 0 spiro atoms. The molecule has 20 heavy (non-hydrogen) atoms. The van der Waals surface area contributed by atoms with Gasteiger partial charge in [-0.15, -0.1) is 0 Å². The van der Waals surface area contributed by atoms with E-state index in [1.165, 1.54) is 51.7 Å². The number of likely N-dealkylation sites (N-methyl/N-ethyl adjacent to an activating group) is 1. The smallest absolute Gasteiger partial charge is 0.0335 e. The Morgan fingerprint density at radius 1 is 1.20 bits per heavy atom. The molecule has 0 radical (unpaired) electrons. The lowest BCUT2D eigenvalue weighted by Gasteiger charge is -2.50. The van der Waals surface area contributed by atoms with Crippen molar-refractivity contribution >= 4 is 0 Å². The summed E-state index contributed by atoms with van der Waals surface area (Å²) in [5.74, 6) is 1.74. The van der Waals surface area contributed by atoms with E-state index in [1.807, 2.05) is 0 Å². The monoisotopic (exact) mass is 281 g/mol. The van der Waals surface area contributed by atoms with Gasteiger partial charge in [0.2, 0.25) is 0 Å². The fourth-order valence-corrected chi connectivity index (χ4v) is 4.54. The lowest BCUT2D eigenvalue weighted by Crippen LogP contribution is -2.63. The Bertz CT molecular complexity index is 305. The first kappa shape index (κ1) is 16.3. The summed E-state index contributed by atoms with van der Waals surface area (Å²) in [4.78, 5) is 5.22. The molecule has 3 atom stereocenters. The van der Waals surface area contributed by atoms with E-state index in [-0.39, 0.29) is 5.54 Å². The van der Waals surface area contributed by atoms with E-state index < -0.39 is 0 Å². The molecule has 3 unspecified atom stereocenters. The van der Waals surface area contributed by atoms with Crippen LogP contribution in [-0.4, -0.2) is 54.6 Å². The summed E-state index contributed by atoms with van der Waals surface area (Å²) >= 11 is 0. The second kappa shape index (κ2) is 6.76. The van der Waals surface area contributed by atoms with Crippen molar-refractivity contribution in [3.8, 4) is 0 Å². The second-order valence-corrected chi connectivity index (χ2v) is 7.67. The van der Waals surface area contributed by atoms with Crippen LogP contribution in [0.3, 0.4) is 0 Å². The van der Waals surface area contributed by atoms with Crippen molar-refractivity contribution in [3.63, 3.8) is 0 Å². The third kappa shape index (κ3) is 3.37. The molecule has 118 valence electrons. The molecule has 1 saturated carbocycles. The van der Waals surface area contributed by atoms with Crippen molar-refractivity contribution in [3.05, 3.63) is 0 Å². The first-order chi connectivity index (χ1) is 9.48. The molecule has 2 rings (SSSR count). The van der Waals surface area contributed by atoms with Gasteiger partial charge >= 0.3 is 0 Å². The summed E-state index contributed by atoms with van der Waals surface area (Å²) < 4.78 is 0. The maximum absolute atomic E-state index is 6.30. The Kier molecular flexibility index (Phi) is 5.49. The number of rotatable bonds is 3. The van der Waals surface area contributed by atoms with E-state index in [0.29, 0.717) is 6.04 Å². The standard InChI is InChI=1S/C17H35N3/c1-14(2)16-6-5-8-17(13-18,9-7-16)20-11-10-19(4)12-15(20)3/h14-16H,5-13,18H2,1-4H3. The third-order valence-electron chi connectivity index (χ3n) is 5.96. The highest BCUT2D eigenvalue weighted by atomic mass is 15.3. The molecule has 0 amide bonds. The van der Waals surface area contributed by atoms with E-state index in [2.05, 4.69) is 37.6 Å². The van der Waals surface area contributed by atoms with Gasteiger partial charge in [0.15, 0.2) is 0 Å². The van der Waals surface area contributed by atoms with E-state index in [4.69, 9.17) is 5.73 Å². The van der Waals surface area contributed by atoms with Gasteiger partial charge in [-0.1, -0.05) is 26.7 Å². The minimum atomic E-state index is 0.282. The van der Waals surface area contributed by atoms with Gasteiger partial charge in [-0.05, 0) is 45.1 Å². The van der Waals surface area contributed by atoms with Crippen molar-refractivity contribution in [2.45, 2.75) is 64.5 Å². The number of nitrogens with zero attached hydrogens (tertiary/aromatic N) is 2. The molecular weight excluding hydrogens is 246 g/mol. The normalized spacial score (nSPS) is 38.1. The molecule has 1 aliphatic heterocycles. The molecule has 0 aromatic heterocycles. The van der Waals surface area contributed by atoms with Crippen molar-refractivity contribution in [1.82, 2.24) is 9.80 Å². The SMILES string of the molecule is CC(C)C1CCCC(CN)(N2CCN(C)CC2C)CC1. The molecule has 3 heteroatoms. The summed E-state index contributed by atoms with van der Waals surface area (Å²) in [6.45, 7) is 11.6. The van der Waals surface area contributed by atoms with Crippen LogP contribution in [0.2, 0.25) is 0 Å². The highest BCUT2D eigenvalue weighted by Crippen LogP contribution is 2.38. The number of hydrogen-bond donors (Lipinski definition) is 1. The van der Waals surface area contributed by atoms with Crippen LogP contribution in [0, 0.1) is 11.8 Å². The van der Waals surface area contributed by atoms with E-state index in [0.717, 1.165) is 18.4 Å². The fraction of sp³-hybridized carbons (Fsp3) is 1.00. The average Bonchev–Trinajstić information content (AvgIpc) is 2.62. The van der Waals surface area contributed by atoms with Gasteiger partial charge in [-0.2, -0.15) is 0 Å². The van der Waals surface area contributed by atoms with Gasteiger partial charge in [0.1, 0.15) is 0 Å². The van der Waals surface area contributed by atoms with Gasteiger partial charge < -0.3 is 10.6 Å². The van der Waals surface area contributed by atoms with Crippen LogP contribution in [-0.2, 0) is 0 Å². The summed E-state index contributed by atoms with van der Waals surface area (Å²) in [6.07, 6.45) is 6.75. The lowest BCUT2D eigenvalue weighted by molar-refractivity contribution is -0.00648. The highest BCUT2D eigenvalue weighted by molar-refractivity contribution is 4.98. The summed E-state index contributed by atoms with van der Waals surface area (Å²) in [5, 5.41) is 0. The van der Waals surface area contributed by atoms with Crippen molar-refractivity contribution in [2.75, 3.05) is 33.2 Å². The largest absolute Gasteiger partial charge is 0.329 e. The zero-order valence-corrected chi connectivity index (χ0v) is 14.1. The number of nitrogens with two attached hydrogens (primary N) is 1. The van der Waals surface area contributed by atoms with Gasteiger partial charge in [0.25, 0.3) is 0 Å². The van der Waals surface area contributed by atoms with Crippen LogP contribution >= 0.6 is 0 Å². The van der Waals surface area contributed by atoms with Crippen LogP contribution < -0.4 is 5.73 Å². The van der Waals surface area contributed by atoms with Crippen LogP contribution in [0.4, 0.5) is 0 Å². The van der Waals surface area contributed by atoms with Gasteiger partial charge in [0.05, 0.1) is 0 Å². The Balaban J connectivity index is 2.09. The molecular formula is C17H35N3. The van der Waals surface area contributed by atoms with Gasteiger partial charge in [-0.3, -0.25) is 4.90 Å². The molecule has 0 aromatic rings. The molecule has 1 saturated heterocycles. The molecule has 2 N–H and O–H groups in total. The molecule has 0 aromatic carbocycles. The number of piperazine rings is 1. The predicted molar refractivity (Wildman–Crippen MR) is 86.9 cm³/mol. The topological polar surface area (TPSA) is 32.5 Å². The molecule has 1 aliphatic carbocycles. The summed E-state index contributed by atoms with van der Waals surface area (Å²) in [6, 6.07) is 0.646. The second-order valence-electron chi connectivity index (χ2n) is 7.67. The first-order valence-corrected chi connectivity index (χ1v) is 8.64. The molecule has 3 nitrogen and oxygen atoms in total. The van der Waals surface area contributed by atoms with E-state index in [1.54, 1.807) is 0 Å². The van der Waals surface area contributed by atoms with Crippen LogP contribution in [0.5, 0.6) is 0 Å². The van der Waals surface area contributed by atoms with Crippen molar-refractivity contribution in [1.29, 1.82) is 0 Å². The zero-order valence-electron chi connectivity index (χ0n) is 14.1. The predicted octanol–water partition coefficient (Wildman–Crippen LogP) is 2.56. The minimum absolute atomic E-state index is 0.282. The van der Waals surface area contributed by atoms with Crippen molar-refractivity contribution < 1.29 is 0 Å². The Hall–Kier alpha value is -0.120. The quantitative estimate of drug-likeness (QED) is 0.807. The molecule has 2 fully saturated rings. The maximum Gasteiger partial charge on any atom is 0.0335 e. The van der Waals surface area contributed by atoms with Crippen LogP contribution in [0.15, 0.2) is 0 Å². The summed E-state index contributed by atoms with van der Waals surface area (Å²) in [5.41, 5.74) is 6.58. The van der Waals surface area contributed by atoms with E-state index in [9.17, 15) is 0 Å². The maximum atomic E-state index is 6.30. The van der Waals surface area contributed by atoms with Crippen LogP contribution in [0.1, 0.15) is 52.9 Å².